The van der Waals surface area contributed by atoms with Crippen molar-refractivity contribution < 1.29 is 18.8 Å². The van der Waals surface area contributed by atoms with Gasteiger partial charge in [0, 0.05) is 0 Å². The average Bonchev–Trinajstić information content (AvgIpc) is 2.67. The number of hydrogen-bond acceptors (Lipinski definition) is 4. The number of hydrogen-bond donors (Lipinski definition) is 0. The SMILES string of the molecule is CCC[CH2][Sn]([CH2]CCC)([CH2]CCC)/[C](=C\B(OCC)OCC)CC(=O)OC. The van der Waals surface area contributed by atoms with E-state index in [9.17, 15) is 4.79 Å². The predicted octanol–water partition coefficient (Wildman–Crippen LogP) is 5.96. The van der Waals surface area contributed by atoms with Crippen LogP contribution in [0.25, 0.3) is 0 Å². The number of unbranched alkanes of at least 4 members (excludes halogenated alkanes) is 3. The van der Waals surface area contributed by atoms with Crippen LogP contribution in [-0.2, 0) is 18.8 Å². The summed E-state index contributed by atoms with van der Waals surface area (Å²) in [5.74, 6) is 2.04. The third-order valence-electron chi connectivity index (χ3n) is 5.27. The van der Waals surface area contributed by atoms with Crippen LogP contribution in [-0.4, -0.2) is 51.8 Å². The zero-order valence-corrected chi connectivity index (χ0v) is 21.6. The van der Waals surface area contributed by atoms with Crippen molar-refractivity contribution in [3.63, 3.8) is 0 Å². The van der Waals surface area contributed by atoms with Gasteiger partial charge in [0.15, 0.2) is 0 Å². The molecule has 0 aromatic carbocycles. The van der Waals surface area contributed by atoms with Crippen LogP contribution in [0.1, 0.15) is 79.6 Å². The van der Waals surface area contributed by atoms with Crippen molar-refractivity contribution in [2.24, 2.45) is 0 Å². The molecule has 0 aliphatic rings. The third kappa shape index (κ3) is 10.9. The first kappa shape index (κ1) is 27.0. The van der Waals surface area contributed by atoms with E-state index in [0.29, 0.717) is 19.6 Å². The van der Waals surface area contributed by atoms with E-state index in [1.54, 1.807) is 0 Å². The Labute approximate surface area is 172 Å². The van der Waals surface area contributed by atoms with Crippen molar-refractivity contribution in [3.8, 4) is 0 Å². The second kappa shape index (κ2) is 16.9. The Bertz CT molecular complexity index is 387. The molecule has 0 aromatic heterocycles. The van der Waals surface area contributed by atoms with Crippen molar-refractivity contribution in [2.45, 2.75) is 92.9 Å². The molecule has 0 fully saturated rings. The molecule has 0 unspecified atom stereocenters. The molecule has 0 aromatic rings. The van der Waals surface area contributed by atoms with E-state index in [-0.39, 0.29) is 13.1 Å². The van der Waals surface area contributed by atoms with Gasteiger partial charge >= 0.3 is 173 Å². The van der Waals surface area contributed by atoms with Crippen LogP contribution in [0.4, 0.5) is 0 Å². The number of carbonyl (C=O) groups excluding carboxylic acids is 1. The molecule has 27 heavy (non-hydrogen) atoms. The molecule has 0 spiro atoms. The van der Waals surface area contributed by atoms with E-state index in [4.69, 9.17) is 14.0 Å². The summed E-state index contributed by atoms with van der Waals surface area (Å²) < 4.78 is 22.0. The number of esters is 1. The molecule has 0 rings (SSSR count). The van der Waals surface area contributed by atoms with E-state index >= 15 is 0 Å². The average molecular weight is 489 g/mol. The van der Waals surface area contributed by atoms with E-state index in [1.807, 2.05) is 13.8 Å². The molecule has 0 amide bonds. The molecule has 0 saturated carbocycles. The quantitative estimate of drug-likeness (QED) is 0.187. The van der Waals surface area contributed by atoms with Crippen molar-refractivity contribution in [2.75, 3.05) is 20.3 Å². The Hall–Kier alpha value is -0.00636. The number of carbonyl (C=O) groups is 1. The summed E-state index contributed by atoms with van der Waals surface area (Å²) >= 11 is -2.72. The Kier molecular flexibility index (Phi) is 16.9. The second-order valence-corrected chi connectivity index (χ2v) is 20.7. The number of rotatable bonds is 17. The van der Waals surface area contributed by atoms with Crippen molar-refractivity contribution in [1.82, 2.24) is 0 Å². The van der Waals surface area contributed by atoms with Gasteiger partial charge in [-0.3, -0.25) is 0 Å². The van der Waals surface area contributed by atoms with Crippen LogP contribution < -0.4 is 0 Å². The van der Waals surface area contributed by atoms with Gasteiger partial charge in [0.2, 0.25) is 0 Å². The van der Waals surface area contributed by atoms with Crippen LogP contribution in [0.3, 0.4) is 0 Å². The maximum atomic E-state index is 12.3. The van der Waals surface area contributed by atoms with Crippen LogP contribution in [0.5, 0.6) is 0 Å². The molecule has 6 heteroatoms. The van der Waals surface area contributed by atoms with Gasteiger partial charge in [0.05, 0.1) is 0 Å². The van der Waals surface area contributed by atoms with E-state index in [1.165, 1.54) is 62.5 Å². The van der Waals surface area contributed by atoms with E-state index < -0.39 is 18.4 Å². The van der Waals surface area contributed by atoms with Gasteiger partial charge in [-0.2, -0.15) is 0 Å². The molecular formula is C21H43BO4Sn. The van der Waals surface area contributed by atoms with Crippen molar-refractivity contribution in [3.05, 3.63) is 9.56 Å². The van der Waals surface area contributed by atoms with Gasteiger partial charge in [-0.25, -0.2) is 0 Å². The van der Waals surface area contributed by atoms with Gasteiger partial charge in [-0.1, -0.05) is 0 Å². The molecule has 4 nitrogen and oxygen atoms in total. The van der Waals surface area contributed by atoms with Crippen LogP contribution >= 0.6 is 0 Å². The van der Waals surface area contributed by atoms with Crippen LogP contribution in [0.15, 0.2) is 9.56 Å². The molecule has 0 radical (unpaired) electrons. The van der Waals surface area contributed by atoms with Crippen LogP contribution in [0, 0.1) is 0 Å². The molecule has 0 heterocycles. The molecule has 0 saturated heterocycles. The summed E-state index contributed by atoms with van der Waals surface area (Å²) in [4.78, 5) is 12.3. The molecule has 0 bridgehead atoms. The van der Waals surface area contributed by atoms with Gasteiger partial charge in [0.1, 0.15) is 0 Å². The summed E-state index contributed by atoms with van der Waals surface area (Å²) in [6.45, 7) is 12.0. The van der Waals surface area contributed by atoms with E-state index in [2.05, 4.69) is 26.7 Å². The van der Waals surface area contributed by atoms with Crippen molar-refractivity contribution in [1.29, 1.82) is 0 Å². The first-order valence-electron chi connectivity index (χ1n) is 11.0. The Morgan fingerprint density at radius 2 is 1.30 bits per heavy atom. The first-order chi connectivity index (χ1) is 13.0. The zero-order chi connectivity index (χ0) is 20.5. The molecule has 0 atom stereocenters. The first-order valence-corrected chi connectivity index (χ1v) is 18.5. The summed E-state index contributed by atoms with van der Waals surface area (Å²) in [5.41, 5.74) is 0. The minimum atomic E-state index is -2.72. The normalized spacial score (nSPS) is 12.3. The summed E-state index contributed by atoms with van der Waals surface area (Å²) in [6, 6.07) is 0. The van der Waals surface area contributed by atoms with Gasteiger partial charge in [-0.05, 0) is 0 Å². The van der Waals surface area contributed by atoms with Crippen molar-refractivity contribution >= 4 is 31.5 Å². The van der Waals surface area contributed by atoms with E-state index in [0.717, 1.165) is 0 Å². The van der Waals surface area contributed by atoms with Gasteiger partial charge in [0.25, 0.3) is 0 Å². The maximum absolute atomic E-state index is 12.3. The second-order valence-electron chi connectivity index (χ2n) is 7.31. The minimum absolute atomic E-state index is 0.126. The zero-order valence-electron chi connectivity index (χ0n) is 18.8. The fourth-order valence-electron chi connectivity index (χ4n) is 3.69. The summed E-state index contributed by atoms with van der Waals surface area (Å²) in [7, 11) is 1.14. The Morgan fingerprint density at radius 3 is 1.63 bits per heavy atom. The molecule has 0 N–H and O–H groups in total. The fraction of sp³-hybridized carbons (Fsp3) is 0.857. The molecule has 0 aliphatic heterocycles. The Morgan fingerprint density at radius 1 is 0.852 bits per heavy atom. The predicted molar refractivity (Wildman–Crippen MR) is 119 cm³/mol. The van der Waals surface area contributed by atoms with Gasteiger partial charge in [-0.15, -0.1) is 0 Å². The topological polar surface area (TPSA) is 44.8 Å². The Balaban J connectivity index is 6.02. The molecule has 0 aliphatic carbocycles. The molecule has 158 valence electrons. The van der Waals surface area contributed by atoms with Gasteiger partial charge < -0.3 is 0 Å². The number of ether oxygens (including phenoxy) is 1. The fourth-order valence-corrected chi connectivity index (χ4v) is 20.3. The van der Waals surface area contributed by atoms with Crippen LogP contribution in [0.2, 0.25) is 13.3 Å². The summed E-state index contributed by atoms with van der Waals surface area (Å²) in [6.07, 6.45) is 7.83. The monoisotopic (exact) mass is 490 g/mol. The molecular weight excluding hydrogens is 446 g/mol. The standard InChI is InChI=1S/C9H16BO4.3C4H9.Sn/c1-4-13-10(14-5-2)8-6-7-9(11)12-3;3*1-3-4-2;/h8H,4-5,7H2,1-3H3;3*1,3-4H2,2H3;. The number of methoxy groups -OCH3 is 1. The summed E-state index contributed by atoms with van der Waals surface area (Å²) in [5, 5.41) is 0. The third-order valence-corrected chi connectivity index (χ3v) is 21.4.